The highest BCUT2D eigenvalue weighted by atomic mass is 35.5. The molecule has 1 fully saturated rings. The minimum absolute atomic E-state index is 0.155. The SMILES string of the molecule is O=C(NCCN1CCCCCC1)c1cccc(Cl)n1. The minimum Gasteiger partial charge on any atom is -0.349 e. The summed E-state index contributed by atoms with van der Waals surface area (Å²) in [4.78, 5) is 18.3. The molecule has 1 aliphatic heterocycles. The lowest BCUT2D eigenvalue weighted by atomic mass is 10.2. The molecule has 0 spiro atoms. The van der Waals surface area contributed by atoms with Crippen LogP contribution in [0.3, 0.4) is 0 Å². The van der Waals surface area contributed by atoms with E-state index in [0.29, 0.717) is 17.4 Å². The second-order valence-electron chi connectivity index (χ2n) is 4.86. The molecule has 104 valence electrons. The zero-order chi connectivity index (χ0) is 13.5. The number of hydrogen-bond donors (Lipinski definition) is 1. The van der Waals surface area contributed by atoms with Crippen molar-refractivity contribution >= 4 is 17.5 Å². The van der Waals surface area contributed by atoms with Crippen molar-refractivity contribution < 1.29 is 4.79 Å². The van der Waals surface area contributed by atoms with Crippen LogP contribution in [0.5, 0.6) is 0 Å². The van der Waals surface area contributed by atoms with E-state index in [1.54, 1.807) is 18.2 Å². The number of nitrogens with zero attached hydrogens (tertiary/aromatic N) is 2. The van der Waals surface area contributed by atoms with Gasteiger partial charge in [-0.2, -0.15) is 0 Å². The summed E-state index contributed by atoms with van der Waals surface area (Å²) >= 11 is 5.76. The number of rotatable bonds is 4. The van der Waals surface area contributed by atoms with Crippen molar-refractivity contribution in [1.82, 2.24) is 15.2 Å². The van der Waals surface area contributed by atoms with Crippen molar-refractivity contribution in [2.24, 2.45) is 0 Å². The fourth-order valence-corrected chi connectivity index (χ4v) is 2.48. The number of carbonyl (C=O) groups is 1. The van der Waals surface area contributed by atoms with E-state index in [1.807, 2.05) is 0 Å². The Morgan fingerprint density at radius 3 is 2.68 bits per heavy atom. The van der Waals surface area contributed by atoms with Gasteiger partial charge in [0.1, 0.15) is 10.8 Å². The Kier molecular flexibility index (Phi) is 5.61. The maximum Gasteiger partial charge on any atom is 0.269 e. The van der Waals surface area contributed by atoms with Crippen LogP contribution in [0.15, 0.2) is 18.2 Å². The van der Waals surface area contributed by atoms with Crippen molar-refractivity contribution in [1.29, 1.82) is 0 Å². The van der Waals surface area contributed by atoms with Crippen molar-refractivity contribution in [2.75, 3.05) is 26.2 Å². The zero-order valence-electron chi connectivity index (χ0n) is 11.1. The molecule has 0 atom stereocenters. The molecule has 19 heavy (non-hydrogen) atoms. The van der Waals surface area contributed by atoms with Crippen LogP contribution in [0.1, 0.15) is 36.2 Å². The Balaban J connectivity index is 1.74. The lowest BCUT2D eigenvalue weighted by Gasteiger charge is -2.19. The van der Waals surface area contributed by atoms with E-state index in [4.69, 9.17) is 11.6 Å². The minimum atomic E-state index is -0.155. The summed E-state index contributed by atoms with van der Waals surface area (Å²) < 4.78 is 0. The van der Waals surface area contributed by atoms with E-state index >= 15 is 0 Å². The first-order valence-corrected chi connectivity index (χ1v) is 7.26. The van der Waals surface area contributed by atoms with Crippen LogP contribution in [0.4, 0.5) is 0 Å². The van der Waals surface area contributed by atoms with Crippen molar-refractivity contribution in [3.63, 3.8) is 0 Å². The normalized spacial score (nSPS) is 16.9. The standard InChI is InChI=1S/C14H20ClN3O/c15-13-7-5-6-12(17-13)14(19)16-8-11-18-9-3-1-2-4-10-18/h5-7H,1-4,8-11H2,(H,16,19). The molecule has 2 heterocycles. The summed E-state index contributed by atoms with van der Waals surface area (Å²) in [7, 11) is 0. The molecule has 1 saturated heterocycles. The number of halogens is 1. The van der Waals surface area contributed by atoms with Crippen LogP contribution in [0.25, 0.3) is 0 Å². The van der Waals surface area contributed by atoms with E-state index in [2.05, 4.69) is 15.2 Å². The number of hydrogen-bond acceptors (Lipinski definition) is 3. The van der Waals surface area contributed by atoms with Gasteiger partial charge in [-0.3, -0.25) is 4.79 Å². The van der Waals surface area contributed by atoms with Gasteiger partial charge in [0.2, 0.25) is 0 Å². The van der Waals surface area contributed by atoms with Gasteiger partial charge in [0.25, 0.3) is 5.91 Å². The van der Waals surface area contributed by atoms with Gasteiger partial charge in [-0.15, -0.1) is 0 Å². The van der Waals surface area contributed by atoms with Gasteiger partial charge in [-0.1, -0.05) is 30.5 Å². The number of pyridine rings is 1. The smallest absolute Gasteiger partial charge is 0.269 e. The van der Waals surface area contributed by atoms with Crippen molar-refractivity contribution in [3.05, 3.63) is 29.0 Å². The molecule has 1 N–H and O–H groups in total. The number of aromatic nitrogens is 1. The summed E-state index contributed by atoms with van der Waals surface area (Å²) in [5.74, 6) is -0.155. The number of amides is 1. The van der Waals surface area contributed by atoms with E-state index < -0.39 is 0 Å². The molecular formula is C14H20ClN3O. The van der Waals surface area contributed by atoms with Gasteiger partial charge in [0.15, 0.2) is 0 Å². The molecule has 2 rings (SSSR count). The molecule has 0 aromatic carbocycles. The van der Waals surface area contributed by atoms with E-state index in [1.165, 1.54) is 25.7 Å². The molecule has 0 unspecified atom stereocenters. The molecule has 0 bridgehead atoms. The highest BCUT2D eigenvalue weighted by Gasteiger charge is 2.10. The van der Waals surface area contributed by atoms with E-state index in [-0.39, 0.29) is 5.91 Å². The Hall–Kier alpha value is -1.13. The van der Waals surface area contributed by atoms with Gasteiger partial charge in [0, 0.05) is 13.1 Å². The molecule has 1 amide bonds. The van der Waals surface area contributed by atoms with Crippen LogP contribution in [-0.2, 0) is 0 Å². The maximum absolute atomic E-state index is 11.9. The van der Waals surface area contributed by atoms with Crippen LogP contribution in [-0.4, -0.2) is 42.0 Å². The molecule has 1 aromatic heterocycles. The quantitative estimate of drug-likeness (QED) is 0.862. The van der Waals surface area contributed by atoms with Gasteiger partial charge >= 0.3 is 0 Å². The Morgan fingerprint density at radius 2 is 2.00 bits per heavy atom. The summed E-state index contributed by atoms with van der Waals surface area (Å²) in [5, 5.41) is 3.24. The van der Waals surface area contributed by atoms with Gasteiger partial charge < -0.3 is 10.2 Å². The third kappa shape index (κ3) is 4.80. The topological polar surface area (TPSA) is 45.2 Å². The van der Waals surface area contributed by atoms with E-state index in [0.717, 1.165) is 19.6 Å². The Labute approximate surface area is 119 Å². The van der Waals surface area contributed by atoms with Crippen LogP contribution >= 0.6 is 11.6 Å². The number of likely N-dealkylation sites (tertiary alicyclic amines) is 1. The van der Waals surface area contributed by atoms with Crippen LogP contribution in [0.2, 0.25) is 5.15 Å². The maximum atomic E-state index is 11.9. The summed E-state index contributed by atoms with van der Waals surface area (Å²) in [6, 6.07) is 5.07. The third-order valence-electron chi connectivity index (χ3n) is 3.36. The summed E-state index contributed by atoms with van der Waals surface area (Å²) in [6.07, 6.45) is 5.19. The second kappa shape index (κ2) is 7.46. The number of carbonyl (C=O) groups excluding carboxylic acids is 1. The molecule has 4 nitrogen and oxygen atoms in total. The first-order valence-electron chi connectivity index (χ1n) is 6.89. The zero-order valence-corrected chi connectivity index (χ0v) is 11.8. The highest BCUT2D eigenvalue weighted by molar-refractivity contribution is 6.29. The predicted octanol–water partition coefficient (Wildman–Crippen LogP) is 2.34. The first-order chi connectivity index (χ1) is 9.25. The molecule has 0 saturated carbocycles. The van der Waals surface area contributed by atoms with Gasteiger partial charge in [-0.05, 0) is 38.1 Å². The monoisotopic (exact) mass is 281 g/mol. The highest BCUT2D eigenvalue weighted by Crippen LogP contribution is 2.09. The van der Waals surface area contributed by atoms with Crippen LogP contribution < -0.4 is 5.32 Å². The molecular weight excluding hydrogens is 262 g/mol. The van der Waals surface area contributed by atoms with E-state index in [9.17, 15) is 4.79 Å². The van der Waals surface area contributed by atoms with Crippen LogP contribution in [0, 0.1) is 0 Å². The average Bonchev–Trinajstić information content (AvgIpc) is 2.67. The molecule has 0 radical (unpaired) electrons. The van der Waals surface area contributed by atoms with Crippen molar-refractivity contribution in [2.45, 2.75) is 25.7 Å². The second-order valence-corrected chi connectivity index (χ2v) is 5.24. The Morgan fingerprint density at radius 1 is 1.26 bits per heavy atom. The first kappa shape index (κ1) is 14.3. The fraction of sp³-hybridized carbons (Fsp3) is 0.571. The lowest BCUT2D eigenvalue weighted by molar-refractivity contribution is 0.0943. The number of nitrogens with one attached hydrogen (secondary N) is 1. The lowest BCUT2D eigenvalue weighted by Crippen LogP contribution is -2.35. The third-order valence-corrected chi connectivity index (χ3v) is 3.57. The average molecular weight is 282 g/mol. The Bertz CT molecular complexity index is 417. The largest absolute Gasteiger partial charge is 0.349 e. The van der Waals surface area contributed by atoms with Crippen molar-refractivity contribution in [3.8, 4) is 0 Å². The summed E-state index contributed by atoms with van der Waals surface area (Å²) in [6.45, 7) is 3.86. The van der Waals surface area contributed by atoms with Gasteiger partial charge in [-0.25, -0.2) is 4.98 Å². The summed E-state index contributed by atoms with van der Waals surface area (Å²) in [5.41, 5.74) is 0.378. The fourth-order valence-electron chi connectivity index (χ4n) is 2.31. The molecule has 5 heteroatoms. The molecule has 0 aliphatic carbocycles. The molecule has 1 aliphatic rings. The molecule has 1 aromatic rings. The van der Waals surface area contributed by atoms with Gasteiger partial charge in [0.05, 0.1) is 0 Å². The predicted molar refractivity (Wildman–Crippen MR) is 76.5 cm³/mol.